The van der Waals surface area contributed by atoms with Crippen LogP contribution in [0.15, 0.2) is 24.3 Å². The van der Waals surface area contributed by atoms with Crippen molar-refractivity contribution in [2.24, 2.45) is 5.92 Å². The van der Waals surface area contributed by atoms with Crippen molar-refractivity contribution in [1.82, 2.24) is 5.32 Å². The average molecular weight is 243 g/mol. The smallest absolute Gasteiger partial charge is 0.00683 e. The van der Waals surface area contributed by atoms with E-state index in [0.717, 1.165) is 17.9 Å². The first-order chi connectivity index (χ1) is 8.81. The van der Waals surface area contributed by atoms with E-state index in [1.165, 1.54) is 50.6 Å². The average Bonchev–Trinajstić information content (AvgIpc) is 3.11. The molecule has 3 rings (SSSR count). The Hall–Kier alpha value is -0.820. The van der Waals surface area contributed by atoms with Gasteiger partial charge in [-0.1, -0.05) is 37.6 Å². The summed E-state index contributed by atoms with van der Waals surface area (Å²) in [7, 11) is 0. The maximum atomic E-state index is 3.62. The van der Waals surface area contributed by atoms with Crippen LogP contribution in [0.3, 0.4) is 0 Å². The van der Waals surface area contributed by atoms with Gasteiger partial charge in [-0.3, -0.25) is 0 Å². The highest BCUT2D eigenvalue weighted by atomic mass is 14.9. The van der Waals surface area contributed by atoms with E-state index in [0.29, 0.717) is 0 Å². The Kier molecular flexibility index (Phi) is 3.69. The number of nitrogens with one attached hydrogen (secondary N) is 1. The van der Waals surface area contributed by atoms with Crippen molar-refractivity contribution in [2.45, 2.75) is 57.4 Å². The summed E-state index contributed by atoms with van der Waals surface area (Å²) < 4.78 is 0. The van der Waals surface area contributed by atoms with E-state index in [1.807, 2.05) is 0 Å². The second-order valence-electron chi connectivity index (χ2n) is 6.36. The molecular formula is C17H25N. The van der Waals surface area contributed by atoms with Gasteiger partial charge in [-0.15, -0.1) is 0 Å². The van der Waals surface area contributed by atoms with Crippen molar-refractivity contribution < 1.29 is 0 Å². The van der Waals surface area contributed by atoms with Crippen molar-refractivity contribution in [1.29, 1.82) is 0 Å². The Bertz CT molecular complexity index is 373. The molecule has 1 atom stereocenters. The molecule has 1 N–H and O–H groups in total. The first kappa shape index (κ1) is 12.2. The zero-order chi connectivity index (χ0) is 12.4. The Morgan fingerprint density at radius 2 is 1.83 bits per heavy atom. The summed E-state index contributed by atoms with van der Waals surface area (Å²) >= 11 is 0. The summed E-state index contributed by atoms with van der Waals surface area (Å²) in [6.07, 6.45) is 8.23. The highest BCUT2D eigenvalue weighted by molar-refractivity contribution is 5.26. The normalized spacial score (nSPS) is 21.6. The molecule has 2 saturated carbocycles. The molecular weight excluding hydrogens is 218 g/mol. The maximum absolute atomic E-state index is 3.62. The van der Waals surface area contributed by atoms with Gasteiger partial charge in [0.05, 0.1) is 0 Å². The number of hydrogen-bond donors (Lipinski definition) is 1. The molecule has 0 saturated heterocycles. The predicted molar refractivity (Wildman–Crippen MR) is 76.9 cm³/mol. The van der Waals surface area contributed by atoms with Gasteiger partial charge in [0, 0.05) is 6.04 Å². The fourth-order valence-electron chi connectivity index (χ4n) is 2.80. The summed E-state index contributed by atoms with van der Waals surface area (Å²) in [6.45, 7) is 3.53. The van der Waals surface area contributed by atoms with E-state index in [2.05, 4.69) is 36.5 Å². The van der Waals surface area contributed by atoms with Crippen molar-refractivity contribution in [2.75, 3.05) is 6.54 Å². The van der Waals surface area contributed by atoms with Gasteiger partial charge in [0.1, 0.15) is 0 Å². The van der Waals surface area contributed by atoms with Gasteiger partial charge in [0.2, 0.25) is 0 Å². The lowest BCUT2D eigenvalue weighted by atomic mass is 9.80. The molecule has 0 aliphatic heterocycles. The van der Waals surface area contributed by atoms with E-state index >= 15 is 0 Å². The summed E-state index contributed by atoms with van der Waals surface area (Å²) in [4.78, 5) is 0. The Balaban J connectivity index is 1.48. The quantitative estimate of drug-likeness (QED) is 0.799. The van der Waals surface area contributed by atoms with Crippen molar-refractivity contribution in [3.63, 3.8) is 0 Å². The van der Waals surface area contributed by atoms with E-state index in [-0.39, 0.29) is 0 Å². The first-order valence-electron chi connectivity index (χ1n) is 7.63. The molecule has 1 unspecified atom stereocenters. The highest BCUT2D eigenvalue weighted by Crippen LogP contribution is 2.36. The van der Waals surface area contributed by atoms with Crippen LogP contribution in [0.4, 0.5) is 0 Å². The van der Waals surface area contributed by atoms with Gasteiger partial charge in [-0.2, -0.15) is 0 Å². The maximum Gasteiger partial charge on any atom is 0.00683 e. The standard InChI is InChI=1S/C17H25N/c1-13(12-18-17-9-10-17)11-14-5-7-16(8-6-14)15-3-2-4-15/h5-8,13,15,17-18H,2-4,9-12H2,1H3. The van der Waals surface area contributed by atoms with Crippen LogP contribution in [0.5, 0.6) is 0 Å². The van der Waals surface area contributed by atoms with Crippen LogP contribution in [-0.2, 0) is 6.42 Å². The number of benzene rings is 1. The molecule has 0 radical (unpaired) electrons. The van der Waals surface area contributed by atoms with Gasteiger partial charge < -0.3 is 5.32 Å². The lowest BCUT2D eigenvalue weighted by Crippen LogP contribution is -2.24. The van der Waals surface area contributed by atoms with Crippen molar-refractivity contribution in [3.8, 4) is 0 Å². The molecule has 98 valence electrons. The fraction of sp³-hybridized carbons (Fsp3) is 0.647. The second-order valence-corrected chi connectivity index (χ2v) is 6.36. The monoisotopic (exact) mass is 243 g/mol. The van der Waals surface area contributed by atoms with Gasteiger partial charge in [-0.05, 0) is 61.6 Å². The molecule has 0 heterocycles. The SMILES string of the molecule is CC(CNC1CC1)Cc1ccc(C2CCC2)cc1. The third-order valence-electron chi connectivity index (χ3n) is 4.47. The zero-order valence-electron chi connectivity index (χ0n) is 11.5. The topological polar surface area (TPSA) is 12.0 Å². The van der Waals surface area contributed by atoms with Crippen LogP contribution in [-0.4, -0.2) is 12.6 Å². The van der Waals surface area contributed by atoms with Crippen LogP contribution in [0.25, 0.3) is 0 Å². The Morgan fingerprint density at radius 3 is 2.39 bits per heavy atom. The molecule has 1 nitrogen and oxygen atoms in total. The molecule has 0 aromatic heterocycles. The minimum atomic E-state index is 0.750. The van der Waals surface area contributed by atoms with E-state index < -0.39 is 0 Å². The molecule has 2 aliphatic rings. The van der Waals surface area contributed by atoms with E-state index in [4.69, 9.17) is 0 Å². The Labute approximate surface area is 111 Å². The van der Waals surface area contributed by atoms with Gasteiger partial charge >= 0.3 is 0 Å². The molecule has 2 aliphatic carbocycles. The number of hydrogen-bond acceptors (Lipinski definition) is 1. The third kappa shape index (κ3) is 3.14. The molecule has 1 aromatic rings. The van der Waals surface area contributed by atoms with Gasteiger partial charge in [0.25, 0.3) is 0 Å². The highest BCUT2D eigenvalue weighted by Gasteiger charge is 2.21. The van der Waals surface area contributed by atoms with Crippen LogP contribution in [0.1, 0.15) is 56.1 Å². The summed E-state index contributed by atoms with van der Waals surface area (Å²) in [5, 5.41) is 3.62. The number of rotatable bonds is 6. The van der Waals surface area contributed by atoms with Crippen LogP contribution < -0.4 is 5.32 Å². The molecule has 2 fully saturated rings. The largest absolute Gasteiger partial charge is 0.314 e. The molecule has 0 spiro atoms. The third-order valence-corrected chi connectivity index (χ3v) is 4.47. The molecule has 18 heavy (non-hydrogen) atoms. The fourth-order valence-corrected chi connectivity index (χ4v) is 2.80. The van der Waals surface area contributed by atoms with E-state index in [1.54, 1.807) is 5.56 Å². The predicted octanol–water partition coefficient (Wildman–Crippen LogP) is 3.88. The minimum Gasteiger partial charge on any atom is -0.314 e. The van der Waals surface area contributed by atoms with Crippen LogP contribution in [0, 0.1) is 5.92 Å². The molecule has 0 amide bonds. The van der Waals surface area contributed by atoms with E-state index in [9.17, 15) is 0 Å². The minimum absolute atomic E-state index is 0.750. The van der Waals surface area contributed by atoms with Gasteiger partial charge in [-0.25, -0.2) is 0 Å². The Morgan fingerprint density at radius 1 is 1.11 bits per heavy atom. The molecule has 1 aromatic carbocycles. The van der Waals surface area contributed by atoms with Crippen molar-refractivity contribution >= 4 is 0 Å². The summed E-state index contributed by atoms with van der Waals surface area (Å²) in [5.41, 5.74) is 3.07. The lowest BCUT2D eigenvalue weighted by Gasteiger charge is -2.26. The summed E-state index contributed by atoms with van der Waals surface area (Å²) in [5.74, 6) is 1.62. The molecule has 0 bridgehead atoms. The van der Waals surface area contributed by atoms with Crippen LogP contribution in [0.2, 0.25) is 0 Å². The first-order valence-corrected chi connectivity index (χ1v) is 7.63. The van der Waals surface area contributed by atoms with Crippen molar-refractivity contribution in [3.05, 3.63) is 35.4 Å². The summed E-state index contributed by atoms with van der Waals surface area (Å²) in [6, 6.07) is 10.3. The van der Waals surface area contributed by atoms with Gasteiger partial charge in [0.15, 0.2) is 0 Å². The lowest BCUT2D eigenvalue weighted by molar-refractivity contribution is 0.419. The second kappa shape index (κ2) is 5.44. The molecule has 1 heteroatoms. The van der Waals surface area contributed by atoms with Crippen LogP contribution >= 0.6 is 0 Å². The zero-order valence-corrected chi connectivity index (χ0v) is 11.5.